The molecule has 2 aromatic heterocycles. The van der Waals surface area contributed by atoms with Crippen LogP contribution in [0.2, 0.25) is 5.02 Å². The number of hydrogen-bond donors (Lipinski definition) is 1. The van der Waals surface area contributed by atoms with Gasteiger partial charge in [-0.3, -0.25) is 4.98 Å². The zero-order chi connectivity index (χ0) is 14.8. The lowest BCUT2D eigenvalue weighted by atomic mass is 10.1. The molecule has 0 radical (unpaired) electrons. The van der Waals surface area contributed by atoms with Gasteiger partial charge in [-0.25, -0.2) is 0 Å². The van der Waals surface area contributed by atoms with E-state index in [4.69, 9.17) is 21.9 Å². The predicted molar refractivity (Wildman–Crippen MR) is 81.8 cm³/mol. The molecular formula is C15H13ClN4O. The van der Waals surface area contributed by atoms with Gasteiger partial charge in [0.05, 0.1) is 10.7 Å². The highest BCUT2D eigenvalue weighted by molar-refractivity contribution is 6.33. The van der Waals surface area contributed by atoms with Crippen molar-refractivity contribution in [2.45, 2.75) is 13.3 Å². The molecule has 0 saturated carbocycles. The van der Waals surface area contributed by atoms with E-state index in [0.717, 1.165) is 23.1 Å². The van der Waals surface area contributed by atoms with Gasteiger partial charge in [0.15, 0.2) is 0 Å². The molecule has 6 heteroatoms. The SMILES string of the molecule is CCc1cnccc1-c1noc(-c2ccc(N)c(Cl)c2)n1. The van der Waals surface area contributed by atoms with E-state index >= 15 is 0 Å². The molecule has 0 aliphatic carbocycles. The molecular weight excluding hydrogens is 288 g/mol. The van der Waals surface area contributed by atoms with Crippen molar-refractivity contribution in [1.82, 2.24) is 15.1 Å². The molecule has 3 rings (SSSR count). The summed E-state index contributed by atoms with van der Waals surface area (Å²) in [4.78, 5) is 8.54. The van der Waals surface area contributed by atoms with E-state index in [0.29, 0.717) is 22.4 Å². The lowest BCUT2D eigenvalue weighted by molar-refractivity contribution is 0.432. The van der Waals surface area contributed by atoms with Crippen molar-refractivity contribution < 1.29 is 4.52 Å². The van der Waals surface area contributed by atoms with Crippen LogP contribution in [0.4, 0.5) is 5.69 Å². The van der Waals surface area contributed by atoms with E-state index in [9.17, 15) is 0 Å². The Balaban J connectivity index is 2.01. The second kappa shape index (κ2) is 5.54. The van der Waals surface area contributed by atoms with Gasteiger partial charge in [0, 0.05) is 23.5 Å². The van der Waals surface area contributed by atoms with Crippen molar-refractivity contribution in [2.75, 3.05) is 5.73 Å². The quantitative estimate of drug-likeness (QED) is 0.748. The molecule has 0 spiro atoms. The fourth-order valence-corrected chi connectivity index (χ4v) is 2.22. The van der Waals surface area contributed by atoms with Gasteiger partial charge in [0.2, 0.25) is 5.82 Å². The first kappa shape index (κ1) is 13.6. The minimum Gasteiger partial charge on any atom is -0.398 e. The van der Waals surface area contributed by atoms with Gasteiger partial charge in [-0.2, -0.15) is 4.98 Å². The van der Waals surface area contributed by atoms with Crippen LogP contribution in [0.3, 0.4) is 0 Å². The number of benzene rings is 1. The summed E-state index contributed by atoms with van der Waals surface area (Å²) in [6, 6.07) is 7.10. The third kappa shape index (κ3) is 2.60. The highest BCUT2D eigenvalue weighted by atomic mass is 35.5. The predicted octanol–water partition coefficient (Wildman–Crippen LogP) is 3.60. The molecule has 2 N–H and O–H groups in total. The number of halogens is 1. The van der Waals surface area contributed by atoms with E-state index in [1.165, 1.54) is 0 Å². The van der Waals surface area contributed by atoms with Gasteiger partial charge >= 0.3 is 0 Å². The third-order valence-corrected chi connectivity index (χ3v) is 3.53. The highest BCUT2D eigenvalue weighted by Gasteiger charge is 2.13. The van der Waals surface area contributed by atoms with Crippen LogP contribution >= 0.6 is 11.6 Å². The molecule has 0 aliphatic rings. The van der Waals surface area contributed by atoms with Crippen molar-refractivity contribution >= 4 is 17.3 Å². The van der Waals surface area contributed by atoms with Crippen LogP contribution in [0, 0.1) is 0 Å². The summed E-state index contributed by atoms with van der Waals surface area (Å²) < 4.78 is 5.32. The number of rotatable bonds is 3. The zero-order valence-corrected chi connectivity index (χ0v) is 12.1. The van der Waals surface area contributed by atoms with Gasteiger partial charge < -0.3 is 10.3 Å². The Kier molecular flexibility index (Phi) is 3.58. The van der Waals surface area contributed by atoms with Gasteiger partial charge in [-0.15, -0.1) is 0 Å². The van der Waals surface area contributed by atoms with Crippen LogP contribution in [-0.2, 0) is 6.42 Å². The number of nitrogen functional groups attached to an aromatic ring is 1. The second-order valence-electron chi connectivity index (χ2n) is 4.55. The van der Waals surface area contributed by atoms with Gasteiger partial charge in [-0.1, -0.05) is 23.7 Å². The molecule has 0 amide bonds. The molecule has 0 saturated heterocycles. The summed E-state index contributed by atoms with van der Waals surface area (Å²) in [5, 5.41) is 4.50. The second-order valence-corrected chi connectivity index (χ2v) is 4.95. The van der Waals surface area contributed by atoms with Crippen LogP contribution in [-0.4, -0.2) is 15.1 Å². The summed E-state index contributed by atoms with van der Waals surface area (Å²) >= 11 is 6.01. The maximum atomic E-state index is 6.01. The van der Waals surface area contributed by atoms with Crippen LogP contribution in [0.1, 0.15) is 12.5 Å². The number of anilines is 1. The normalized spacial score (nSPS) is 10.8. The van der Waals surface area contributed by atoms with E-state index in [1.54, 1.807) is 24.4 Å². The van der Waals surface area contributed by atoms with Crippen molar-refractivity contribution in [2.24, 2.45) is 0 Å². The Labute approximate surface area is 126 Å². The first-order chi connectivity index (χ1) is 10.2. The highest BCUT2D eigenvalue weighted by Crippen LogP contribution is 2.28. The number of aryl methyl sites for hydroxylation is 1. The van der Waals surface area contributed by atoms with Gasteiger partial charge in [-0.05, 0) is 36.2 Å². The average molecular weight is 301 g/mol. The first-order valence-corrected chi connectivity index (χ1v) is 6.89. The Morgan fingerprint density at radius 2 is 2.14 bits per heavy atom. The fraction of sp³-hybridized carbons (Fsp3) is 0.133. The molecule has 3 aromatic rings. The Bertz CT molecular complexity index is 785. The fourth-order valence-electron chi connectivity index (χ4n) is 2.04. The summed E-state index contributed by atoms with van der Waals surface area (Å²) in [5.74, 6) is 0.947. The number of nitrogens with zero attached hydrogens (tertiary/aromatic N) is 3. The summed E-state index contributed by atoms with van der Waals surface area (Å²) in [6.45, 7) is 2.06. The average Bonchev–Trinajstić information content (AvgIpc) is 2.99. The molecule has 0 fully saturated rings. The van der Waals surface area contributed by atoms with Gasteiger partial charge in [0.25, 0.3) is 5.89 Å². The molecule has 1 aromatic carbocycles. The van der Waals surface area contributed by atoms with Crippen molar-refractivity contribution in [1.29, 1.82) is 0 Å². The lowest BCUT2D eigenvalue weighted by Crippen LogP contribution is -1.90. The number of hydrogen-bond acceptors (Lipinski definition) is 5. The van der Waals surface area contributed by atoms with Crippen LogP contribution in [0.5, 0.6) is 0 Å². The molecule has 0 atom stereocenters. The minimum atomic E-state index is 0.408. The molecule has 21 heavy (non-hydrogen) atoms. The van der Waals surface area contributed by atoms with Gasteiger partial charge in [0.1, 0.15) is 0 Å². The Hall–Kier alpha value is -2.40. The lowest BCUT2D eigenvalue weighted by Gasteiger charge is -2.01. The largest absolute Gasteiger partial charge is 0.398 e. The third-order valence-electron chi connectivity index (χ3n) is 3.20. The maximum Gasteiger partial charge on any atom is 0.258 e. The molecule has 2 heterocycles. The van der Waals surface area contributed by atoms with E-state index in [-0.39, 0.29) is 0 Å². The van der Waals surface area contributed by atoms with Crippen LogP contribution in [0.25, 0.3) is 22.8 Å². The molecule has 0 aliphatic heterocycles. The Morgan fingerprint density at radius 3 is 2.90 bits per heavy atom. The minimum absolute atomic E-state index is 0.408. The topological polar surface area (TPSA) is 77.8 Å². The number of pyridine rings is 1. The molecule has 106 valence electrons. The van der Waals surface area contributed by atoms with Crippen molar-refractivity contribution in [3.05, 3.63) is 47.2 Å². The maximum absolute atomic E-state index is 6.01. The standard InChI is InChI=1S/C15H13ClN4O/c1-2-9-8-18-6-5-11(9)14-19-15(21-20-14)10-3-4-13(17)12(16)7-10/h3-8H,2,17H2,1H3. The summed E-state index contributed by atoms with van der Waals surface area (Å²) in [7, 11) is 0. The Morgan fingerprint density at radius 1 is 1.29 bits per heavy atom. The van der Waals surface area contributed by atoms with E-state index in [2.05, 4.69) is 22.0 Å². The smallest absolute Gasteiger partial charge is 0.258 e. The van der Waals surface area contributed by atoms with Crippen molar-refractivity contribution in [3.8, 4) is 22.8 Å². The van der Waals surface area contributed by atoms with E-state index in [1.807, 2.05) is 12.3 Å². The van der Waals surface area contributed by atoms with Crippen molar-refractivity contribution in [3.63, 3.8) is 0 Å². The number of nitrogens with two attached hydrogens (primary N) is 1. The zero-order valence-electron chi connectivity index (χ0n) is 11.4. The van der Waals surface area contributed by atoms with E-state index < -0.39 is 0 Å². The first-order valence-electron chi connectivity index (χ1n) is 6.51. The van der Waals surface area contributed by atoms with Crippen LogP contribution in [0.15, 0.2) is 41.2 Å². The van der Waals surface area contributed by atoms with Crippen LogP contribution < -0.4 is 5.73 Å². The molecule has 0 unspecified atom stereocenters. The monoisotopic (exact) mass is 300 g/mol. The molecule has 0 bridgehead atoms. The number of aromatic nitrogens is 3. The summed E-state index contributed by atoms with van der Waals surface area (Å²) in [6.07, 6.45) is 4.37. The summed E-state index contributed by atoms with van der Waals surface area (Å²) in [5.41, 5.74) is 8.94. The molecule has 5 nitrogen and oxygen atoms in total.